The second-order valence-corrected chi connectivity index (χ2v) is 4.40. The van der Waals surface area contributed by atoms with Gasteiger partial charge in [0.25, 0.3) is 0 Å². The standard InChI is InChI=1S/C13H15ClO2/c1-9(2)11(13(15)16)8-7-10-5-3-4-6-12(10)14/h3-9,11H,1-2H3,(H,15,16). The van der Waals surface area contributed by atoms with Crippen molar-refractivity contribution >= 4 is 23.6 Å². The zero-order valence-corrected chi connectivity index (χ0v) is 10.1. The van der Waals surface area contributed by atoms with Crippen LogP contribution in [0.2, 0.25) is 5.02 Å². The van der Waals surface area contributed by atoms with Crippen LogP contribution in [0.4, 0.5) is 0 Å². The molecule has 0 fully saturated rings. The Kier molecular flexibility index (Phi) is 4.56. The Hall–Kier alpha value is -1.28. The van der Waals surface area contributed by atoms with Crippen molar-refractivity contribution in [3.63, 3.8) is 0 Å². The third-order valence-corrected chi connectivity index (χ3v) is 2.74. The van der Waals surface area contributed by atoms with E-state index in [2.05, 4.69) is 0 Å². The van der Waals surface area contributed by atoms with Crippen LogP contribution in [-0.4, -0.2) is 11.1 Å². The van der Waals surface area contributed by atoms with Gasteiger partial charge in [-0.2, -0.15) is 0 Å². The zero-order chi connectivity index (χ0) is 12.1. The molecule has 0 spiro atoms. The fourth-order valence-electron chi connectivity index (χ4n) is 1.41. The first-order valence-corrected chi connectivity index (χ1v) is 5.55. The molecule has 0 aliphatic carbocycles. The lowest BCUT2D eigenvalue weighted by Crippen LogP contribution is -2.16. The number of halogens is 1. The van der Waals surface area contributed by atoms with Gasteiger partial charge in [-0.1, -0.05) is 55.8 Å². The van der Waals surface area contributed by atoms with Gasteiger partial charge in [-0.3, -0.25) is 4.79 Å². The lowest BCUT2D eigenvalue weighted by atomic mass is 9.95. The van der Waals surface area contributed by atoms with E-state index < -0.39 is 11.9 Å². The van der Waals surface area contributed by atoms with E-state index in [-0.39, 0.29) is 5.92 Å². The molecule has 2 nitrogen and oxygen atoms in total. The van der Waals surface area contributed by atoms with Crippen molar-refractivity contribution in [1.82, 2.24) is 0 Å². The van der Waals surface area contributed by atoms with E-state index in [1.165, 1.54) is 0 Å². The minimum atomic E-state index is -0.807. The van der Waals surface area contributed by atoms with E-state index in [0.717, 1.165) is 5.56 Å². The van der Waals surface area contributed by atoms with Gasteiger partial charge < -0.3 is 5.11 Å². The van der Waals surface area contributed by atoms with E-state index in [9.17, 15) is 4.79 Å². The monoisotopic (exact) mass is 238 g/mol. The van der Waals surface area contributed by atoms with Gasteiger partial charge in [-0.25, -0.2) is 0 Å². The number of aliphatic carboxylic acids is 1. The molecule has 1 aromatic carbocycles. The molecule has 0 amide bonds. The molecule has 1 N–H and O–H groups in total. The third kappa shape index (κ3) is 3.38. The van der Waals surface area contributed by atoms with E-state index in [1.54, 1.807) is 18.2 Å². The average Bonchev–Trinajstić information content (AvgIpc) is 2.20. The van der Waals surface area contributed by atoms with Crippen LogP contribution in [0.15, 0.2) is 30.3 Å². The van der Waals surface area contributed by atoms with Crippen LogP contribution < -0.4 is 0 Å². The van der Waals surface area contributed by atoms with Gasteiger partial charge >= 0.3 is 5.97 Å². The SMILES string of the molecule is CC(C)C(C=Cc1ccccc1Cl)C(=O)O. The zero-order valence-electron chi connectivity index (χ0n) is 9.35. The van der Waals surface area contributed by atoms with Gasteiger partial charge in [-0.15, -0.1) is 0 Å². The summed E-state index contributed by atoms with van der Waals surface area (Å²) in [5, 5.41) is 9.64. The van der Waals surface area contributed by atoms with Crippen molar-refractivity contribution < 1.29 is 9.90 Å². The maximum absolute atomic E-state index is 11.0. The Morgan fingerprint density at radius 3 is 2.50 bits per heavy atom. The summed E-state index contributed by atoms with van der Waals surface area (Å²) in [5.41, 5.74) is 0.844. The molecule has 1 aromatic rings. The highest BCUT2D eigenvalue weighted by molar-refractivity contribution is 6.32. The molecule has 1 atom stereocenters. The molecule has 86 valence electrons. The quantitative estimate of drug-likeness (QED) is 0.868. The fourth-order valence-corrected chi connectivity index (χ4v) is 1.61. The molecule has 0 bridgehead atoms. The Bertz CT molecular complexity index is 397. The molecule has 1 rings (SSSR count). The predicted octanol–water partition coefficient (Wildman–Crippen LogP) is 3.71. The first-order chi connectivity index (χ1) is 7.52. The van der Waals surface area contributed by atoms with Crippen LogP contribution in [0, 0.1) is 11.8 Å². The minimum Gasteiger partial charge on any atom is -0.481 e. The summed E-state index contributed by atoms with van der Waals surface area (Å²) in [6.07, 6.45) is 3.45. The van der Waals surface area contributed by atoms with Crippen LogP contribution in [0.5, 0.6) is 0 Å². The molecule has 0 aliphatic rings. The molecule has 0 heterocycles. The second-order valence-electron chi connectivity index (χ2n) is 3.99. The van der Waals surface area contributed by atoms with E-state index >= 15 is 0 Å². The van der Waals surface area contributed by atoms with E-state index in [0.29, 0.717) is 5.02 Å². The molecular weight excluding hydrogens is 224 g/mol. The van der Waals surface area contributed by atoms with Crippen molar-refractivity contribution in [2.45, 2.75) is 13.8 Å². The highest BCUT2D eigenvalue weighted by Crippen LogP contribution is 2.19. The highest BCUT2D eigenvalue weighted by Gasteiger charge is 2.17. The molecule has 0 saturated carbocycles. The molecular formula is C13H15ClO2. The van der Waals surface area contributed by atoms with E-state index in [4.69, 9.17) is 16.7 Å². The van der Waals surface area contributed by atoms with Crippen LogP contribution in [-0.2, 0) is 4.79 Å². The number of hydrogen-bond acceptors (Lipinski definition) is 1. The lowest BCUT2D eigenvalue weighted by molar-refractivity contribution is -0.141. The number of carbonyl (C=O) groups is 1. The van der Waals surface area contributed by atoms with Crippen molar-refractivity contribution in [2.75, 3.05) is 0 Å². The Morgan fingerprint density at radius 2 is 2.00 bits per heavy atom. The van der Waals surface area contributed by atoms with E-state index in [1.807, 2.05) is 32.0 Å². The van der Waals surface area contributed by atoms with Crippen molar-refractivity contribution in [3.8, 4) is 0 Å². The minimum absolute atomic E-state index is 0.0660. The van der Waals surface area contributed by atoms with Gasteiger partial charge in [0, 0.05) is 5.02 Å². The Balaban J connectivity index is 2.87. The van der Waals surface area contributed by atoms with Crippen molar-refractivity contribution in [3.05, 3.63) is 40.9 Å². The normalized spacial score (nSPS) is 13.2. The topological polar surface area (TPSA) is 37.3 Å². The number of carboxylic acids is 1. The fraction of sp³-hybridized carbons (Fsp3) is 0.308. The smallest absolute Gasteiger partial charge is 0.310 e. The molecule has 0 radical (unpaired) electrons. The molecule has 1 unspecified atom stereocenters. The maximum atomic E-state index is 11.0. The second kappa shape index (κ2) is 5.71. The Labute approximate surface area is 101 Å². The summed E-state index contributed by atoms with van der Waals surface area (Å²) in [5.74, 6) is -1.22. The van der Waals surface area contributed by atoms with Gasteiger partial charge in [0.1, 0.15) is 0 Å². The number of hydrogen-bond donors (Lipinski definition) is 1. The lowest BCUT2D eigenvalue weighted by Gasteiger charge is -2.11. The molecule has 0 saturated heterocycles. The number of benzene rings is 1. The summed E-state index contributed by atoms with van der Waals surface area (Å²) in [6.45, 7) is 3.77. The molecule has 3 heteroatoms. The molecule has 0 aliphatic heterocycles. The summed E-state index contributed by atoms with van der Waals surface area (Å²) in [7, 11) is 0. The van der Waals surface area contributed by atoms with Gasteiger partial charge in [0.05, 0.1) is 5.92 Å². The summed E-state index contributed by atoms with van der Waals surface area (Å²) >= 11 is 5.97. The highest BCUT2D eigenvalue weighted by atomic mass is 35.5. The van der Waals surface area contributed by atoms with Gasteiger partial charge in [0.15, 0.2) is 0 Å². The first kappa shape index (κ1) is 12.8. The van der Waals surface area contributed by atoms with Gasteiger partial charge in [-0.05, 0) is 17.5 Å². The van der Waals surface area contributed by atoms with Crippen LogP contribution in [0.3, 0.4) is 0 Å². The third-order valence-electron chi connectivity index (χ3n) is 2.39. The van der Waals surface area contributed by atoms with Crippen molar-refractivity contribution in [1.29, 1.82) is 0 Å². The Morgan fingerprint density at radius 1 is 1.38 bits per heavy atom. The molecule has 16 heavy (non-hydrogen) atoms. The summed E-state index contributed by atoms with van der Waals surface area (Å²) in [4.78, 5) is 11.0. The van der Waals surface area contributed by atoms with Crippen LogP contribution in [0.25, 0.3) is 6.08 Å². The van der Waals surface area contributed by atoms with Crippen molar-refractivity contribution in [2.24, 2.45) is 11.8 Å². The summed E-state index contributed by atoms with van der Waals surface area (Å²) < 4.78 is 0. The molecule has 0 aromatic heterocycles. The maximum Gasteiger partial charge on any atom is 0.310 e. The largest absolute Gasteiger partial charge is 0.481 e. The van der Waals surface area contributed by atoms with Crippen LogP contribution >= 0.6 is 11.6 Å². The number of rotatable bonds is 4. The van der Waals surface area contributed by atoms with Gasteiger partial charge in [0.2, 0.25) is 0 Å². The van der Waals surface area contributed by atoms with Crippen LogP contribution in [0.1, 0.15) is 19.4 Å². The predicted molar refractivity (Wildman–Crippen MR) is 66.4 cm³/mol. The first-order valence-electron chi connectivity index (χ1n) is 5.18. The summed E-state index contributed by atoms with van der Waals surface area (Å²) in [6, 6.07) is 7.36. The average molecular weight is 239 g/mol. The number of carboxylic acid groups (broad SMARTS) is 1.